The predicted molar refractivity (Wildman–Crippen MR) is 84.5 cm³/mol. The Kier molecular flexibility index (Phi) is 3.69. The molecule has 3 rings (SSSR count). The number of hydrogen-bond donors (Lipinski definition) is 2. The van der Waals surface area contributed by atoms with Crippen LogP contribution in [-0.2, 0) is 6.42 Å². The van der Waals surface area contributed by atoms with Crippen LogP contribution in [0.1, 0.15) is 29.3 Å². The number of carbonyl (C=O) groups excluding carboxylic acids is 1. The first-order valence-corrected chi connectivity index (χ1v) is 7.09. The first-order chi connectivity index (χ1) is 10.3. The van der Waals surface area contributed by atoms with Gasteiger partial charge in [0.05, 0.1) is 17.4 Å². The Bertz CT molecular complexity index is 759. The summed E-state index contributed by atoms with van der Waals surface area (Å²) < 4.78 is 0. The number of imidazole rings is 1. The molecule has 4 nitrogen and oxygen atoms in total. The molecule has 0 bridgehead atoms. The van der Waals surface area contributed by atoms with Crippen molar-refractivity contribution in [3.63, 3.8) is 0 Å². The average molecular weight is 279 g/mol. The van der Waals surface area contributed by atoms with Gasteiger partial charge < -0.3 is 10.3 Å². The monoisotopic (exact) mass is 279 g/mol. The van der Waals surface area contributed by atoms with Crippen molar-refractivity contribution in [2.45, 2.75) is 19.8 Å². The van der Waals surface area contributed by atoms with Crippen LogP contribution < -0.4 is 5.32 Å². The van der Waals surface area contributed by atoms with Gasteiger partial charge in [-0.15, -0.1) is 0 Å². The number of carbonyl (C=O) groups is 1. The highest BCUT2D eigenvalue weighted by atomic mass is 16.1. The van der Waals surface area contributed by atoms with Crippen molar-refractivity contribution >= 4 is 22.6 Å². The molecule has 3 aromatic rings. The van der Waals surface area contributed by atoms with E-state index in [1.54, 1.807) is 12.4 Å². The Hall–Kier alpha value is -2.62. The SMILES string of the molecule is CCCc1ccc(NC(=O)c2ccc3nc[nH]c3c2)cc1. The third-order valence-corrected chi connectivity index (χ3v) is 3.43. The number of nitrogens with one attached hydrogen (secondary N) is 2. The maximum Gasteiger partial charge on any atom is 0.255 e. The number of aryl methyl sites for hydroxylation is 1. The van der Waals surface area contributed by atoms with Crippen LogP contribution in [0.3, 0.4) is 0 Å². The largest absolute Gasteiger partial charge is 0.345 e. The fraction of sp³-hybridized carbons (Fsp3) is 0.176. The van der Waals surface area contributed by atoms with E-state index < -0.39 is 0 Å². The predicted octanol–water partition coefficient (Wildman–Crippen LogP) is 3.77. The molecule has 0 aliphatic carbocycles. The van der Waals surface area contributed by atoms with Gasteiger partial charge in [0.25, 0.3) is 5.91 Å². The maximum atomic E-state index is 12.2. The standard InChI is InChI=1S/C17H17N3O/c1-2-3-12-4-7-14(8-5-12)20-17(21)13-6-9-15-16(10-13)19-11-18-15/h4-11H,2-3H2,1H3,(H,18,19)(H,20,21). The van der Waals surface area contributed by atoms with E-state index >= 15 is 0 Å². The van der Waals surface area contributed by atoms with Gasteiger partial charge in [0.1, 0.15) is 0 Å². The van der Waals surface area contributed by atoms with E-state index in [0.29, 0.717) is 5.56 Å². The number of rotatable bonds is 4. The fourth-order valence-corrected chi connectivity index (χ4v) is 2.32. The molecule has 2 aromatic carbocycles. The van der Waals surface area contributed by atoms with Crippen LogP contribution in [0, 0.1) is 0 Å². The minimum atomic E-state index is -0.116. The second-order valence-corrected chi connectivity index (χ2v) is 5.04. The molecule has 0 radical (unpaired) electrons. The van der Waals surface area contributed by atoms with E-state index in [4.69, 9.17) is 0 Å². The van der Waals surface area contributed by atoms with Crippen molar-refractivity contribution in [2.75, 3.05) is 5.32 Å². The third-order valence-electron chi connectivity index (χ3n) is 3.43. The van der Waals surface area contributed by atoms with E-state index in [1.165, 1.54) is 5.56 Å². The van der Waals surface area contributed by atoms with Gasteiger partial charge >= 0.3 is 0 Å². The van der Waals surface area contributed by atoms with Crippen LogP contribution in [-0.4, -0.2) is 15.9 Å². The van der Waals surface area contributed by atoms with Crippen LogP contribution in [0.4, 0.5) is 5.69 Å². The van der Waals surface area contributed by atoms with Crippen molar-refractivity contribution in [2.24, 2.45) is 0 Å². The Labute approximate surface area is 123 Å². The van der Waals surface area contributed by atoms with E-state index in [0.717, 1.165) is 29.6 Å². The zero-order valence-electron chi connectivity index (χ0n) is 11.9. The summed E-state index contributed by atoms with van der Waals surface area (Å²) in [7, 11) is 0. The van der Waals surface area contributed by atoms with Crippen LogP contribution in [0.2, 0.25) is 0 Å². The summed E-state index contributed by atoms with van der Waals surface area (Å²) in [5, 5.41) is 2.91. The zero-order valence-corrected chi connectivity index (χ0v) is 11.9. The fourth-order valence-electron chi connectivity index (χ4n) is 2.32. The average Bonchev–Trinajstić information content (AvgIpc) is 2.97. The summed E-state index contributed by atoms with van der Waals surface area (Å²) in [6, 6.07) is 13.4. The number of aromatic amines is 1. The lowest BCUT2D eigenvalue weighted by Crippen LogP contribution is -2.11. The van der Waals surface area contributed by atoms with Gasteiger partial charge in [0.2, 0.25) is 0 Å². The minimum Gasteiger partial charge on any atom is -0.345 e. The molecule has 0 aliphatic heterocycles. The molecular formula is C17H17N3O. The van der Waals surface area contributed by atoms with Gasteiger partial charge in [0, 0.05) is 11.3 Å². The molecule has 4 heteroatoms. The van der Waals surface area contributed by atoms with Gasteiger partial charge in [-0.1, -0.05) is 25.5 Å². The third kappa shape index (κ3) is 2.94. The molecule has 106 valence electrons. The Balaban J connectivity index is 1.75. The topological polar surface area (TPSA) is 57.8 Å². The van der Waals surface area contributed by atoms with Crippen molar-refractivity contribution in [1.82, 2.24) is 9.97 Å². The highest BCUT2D eigenvalue weighted by Crippen LogP contribution is 2.15. The van der Waals surface area contributed by atoms with E-state index in [-0.39, 0.29) is 5.91 Å². The van der Waals surface area contributed by atoms with Crippen LogP contribution in [0.5, 0.6) is 0 Å². The molecule has 0 unspecified atom stereocenters. The lowest BCUT2D eigenvalue weighted by Gasteiger charge is -2.06. The number of anilines is 1. The molecule has 1 amide bonds. The summed E-state index contributed by atoms with van der Waals surface area (Å²) in [5.74, 6) is -0.116. The molecule has 0 fully saturated rings. The van der Waals surface area contributed by atoms with E-state index in [2.05, 4.69) is 34.3 Å². The number of hydrogen-bond acceptors (Lipinski definition) is 2. The highest BCUT2D eigenvalue weighted by molar-refractivity contribution is 6.05. The van der Waals surface area contributed by atoms with Crippen molar-refractivity contribution in [3.8, 4) is 0 Å². The van der Waals surface area contributed by atoms with Crippen molar-refractivity contribution in [1.29, 1.82) is 0 Å². The molecule has 2 N–H and O–H groups in total. The molecule has 1 aromatic heterocycles. The smallest absolute Gasteiger partial charge is 0.255 e. The Morgan fingerprint density at radius 2 is 2.00 bits per heavy atom. The second kappa shape index (κ2) is 5.79. The highest BCUT2D eigenvalue weighted by Gasteiger charge is 2.07. The zero-order chi connectivity index (χ0) is 14.7. The first kappa shape index (κ1) is 13.4. The molecule has 21 heavy (non-hydrogen) atoms. The van der Waals surface area contributed by atoms with Gasteiger partial charge in [-0.05, 0) is 42.3 Å². The lowest BCUT2D eigenvalue weighted by molar-refractivity contribution is 0.102. The molecule has 0 spiro atoms. The van der Waals surface area contributed by atoms with Gasteiger partial charge in [-0.25, -0.2) is 4.98 Å². The van der Waals surface area contributed by atoms with Crippen LogP contribution in [0.15, 0.2) is 48.8 Å². The van der Waals surface area contributed by atoms with Crippen molar-refractivity contribution < 1.29 is 4.79 Å². The normalized spacial score (nSPS) is 10.7. The molecule has 0 saturated heterocycles. The van der Waals surface area contributed by atoms with Gasteiger partial charge in [-0.3, -0.25) is 4.79 Å². The van der Waals surface area contributed by atoms with E-state index in [9.17, 15) is 4.79 Å². The number of H-pyrrole nitrogens is 1. The molecule has 1 heterocycles. The summed E-state index contributed by atoms with van der Waals surface area (Å²) in [4.78, 5) is 19.4. The lowest BCUT2D eigenvalue weighted by atomic mass is 10.1. The maximum absolute atomic E-state index is 12.2. The summed E-state index contributed by atoms with van der Waals surface area (Å²) in [6.07, 6.45) is 3.80. The second-order valence-electron chi connectivity index (χ2n) is 5.04. The summed E-state index contributed by atoms with van der Waals surface area (Å²) in [6.45, 7) is 2.15. The number of amides is 1. The van der Waals surface area contributed by atoms with Gasteiger partial charge in [0.15, 0.2) is 0 Å². The summed E-state index contributed by atoms with van der Waals surface area (Å²) in [5.41, 5.74) is 4.43. The quantitative estimate of drug-likeness (QED) is 0.763. The number of nitrogens with zero attached hydrogens (tertiary/aromatic N) is 1. The number of benzene rings is 2. The Morgan fingerprint density at radius 1 is 1.19 bits per heavy atom. The molecule has 0 aliphatic rings. The van der Waals surface area contributed by atoms with Gasteiger partial charge in [-0.2, -0.15) is 0 Å². The summed E-state index contributed by atoms with van der Waals surface area (Å²) >= 11 is 0. The molecular weight excluding hydrogens is 262 g/mol. The van der Waals surface area contributed by atoms with Crippen LogP contribution in [0.25, 0.3) is 11.0 Å². The first-order valence-electron chi connectivity index (χ1n) is 7.09. The Morgan fingerprint density at radius 3 is 2.76 bits per heavy atom. The number of aromatic nitrogens is 2. The number of fused-ring (bicyclic) bond motifs is 1. The van der Waals surface area contributed by atoms with Crippen molar-refractivity contribution in [3.05, 3.63) is 59.9 Å². The molecule has 0 atom stereocenters. The minimum absolute atomic E-state index is 0.116. The van der Waals surface area contributed by atoms with E-state index in [1.807, 2.05) is 24.3 Å². The molecule has 0 saturated carbocycles. The van der Waals surface area contributed by atoms with Crippen LogP contribution >= 0.6 is 0 Å².